The average molecular weight is 854 g/mol. The average Bonchev–Trinajstić information content (AvgIpc) is 3.91. The maximum Gasteiger partial charge on any atom is 0.0800 e. The zero-order chi connectivity index (χ0) is 44.6. The van der Waals surface area contributed by atoms with Crippen molar-refractivity contribution in [2.45, 2.75) is 6.92 Å². The monoisotopic (exact) mass is 853 g/mol. The minimum Gasteiger partial charge on any atom is -0.264 e. The van der Waals surface area contributed by atoms with Gasteiger partial charge in [-0.25, -0.2) is 4.99 Å². The molecule has 2 aliphatic rings. The molecule has 0 saturated heterocycles. The maximum absolute atomic E-state index is 5.50. The molecule has 5 nitrogen and oxygen atoms in total. The van der Waals surface area contributed by atoms with E-state index in [1.165, 1.54) is 71.6 Å². The Morgan fingerprint density at radius 1 is 0.403 bits per heavy atom. The summed E-state index contributed by atoms with van der Waals surface area (Å²) in [5, 5.41) is 5.01. The molecule has 0 spiro atoms. The molecule has 312 valence electrons. The number of nitrogens with zero attached hydrogens (tertiary/aromatic N) is 5. The molecule has 7 aromatic carbocycles. The number of fused-ring (bicyclic) bond motifs is 6. The molecule has 4 aromatic heterocycles. The van der Waals surface area contributed by atoms with Gasteiger partial charge in [0.25, 0.3) is 0 Å². The highest BCUT2D eigenvalue weighted by Crippen LogP contribution is 2.52. The molecule has 0 saturated carbocycles. The predicted molar refractivity (Wildman–Crippen MR) is 276 cm³/mol. The van der Waals surface area contributed by atoms with Crippen molar-refractivity contribution in [3.63, 3.8) is 0 Å². The molecule has 0 aliphatic heterocycles. The van der Waals surface area contributed by atoms with E-state index in [1.54, 1.807) is 12.4 Å². The molecular formula is C62H39N5. The Labute approximate surface area is 388 Å². The van der Waals surface area contributed by atoms with Gasteiger partial charge in [0.15, 0.2) is 0 Å². The van der Waals surface area contributed by atoms with Gasteiger partial charge in [0.1, 0.15) is 0 Å². The van der Waals surface area contributed by atoms with Crippen LogP contribution in [0.25, 0.3) is 117 Å². The lowest BCUT2D eigenvalue weighted by molar-refractivity contribution is 1.26. The number of hydrogen-bond donors (Lipinski definition) is 0. The van der Waals surface area contributed by atoms with Gasteiger partial charge in [0.05, 0.1) is 22.8 Å². The molecule has 0 fully saturated rings. The highest BCUT2D eigenvalue weighted by molar-refractivity contribution is 6.22. The van der Waals surface area contributed by atoms with Crippen LogP contribution in [-0.2, 0) is 0 Å². The van der Waals surface area contributed by atoms with Gasteiger partial charge in [0.2, 0.25) is 0 Å². The Balaban J connectivity index is 1.05. The summed E-state index contributed by atoms with van der Waals surface area (Å²) in [4.78, 5) is 24.0. The molecule has 0 radical (unpaired) electrons. The van der Waals surface area contributed by atoms with Crippen molar-refractivity contribution in [1.82, 2.24) is 19.9 Å². The van der Waals surface area contributed by atoms with Gasteiger partial charge in [-0.3, -0.25) is 19.9 Å². The highest BCUT2D eigenvalue weighted by atomic mass is 14.8. The molecule has 4 heterocycles. The van der Waals surface area contributed by atoms with Crippen molar-refractivity contribution < 1.29 is 0 Å². The van der Waals surface area contributed by atoms with Crippen LogP contribution >= 0.6 is 0 Å². The van der Waals surface area contributed by atoms with Gasteiger partial charge < -0.3 is 0 Å². The Bertz CT molecular complexity index is 3800. The first kappa shape index (κ1) is 38.5. The van der Waals surface area contributed by atoms with Crippen molar-refractivity contribution in [3.8, 4) is 89.3 Å². The predicted octanol–water partition coefficient (Wildman–Crippen LogP) is 15.4. The fourth-order valence-corrected chi connectivity index (χ4v) is 10.4. The first-order valence-electron chi connectivity index (χ1n) is 22.6. The van der Waals surface area contributed by atoms with Crippen LogP contribution in [0.3, 0.4) is 0 Å². The summed E-state index contributed by atoms with van der Waals surface area (Å²) in [5.74, 6) is 0. The van der Waals surface area contributed by atoms with E-state index in [-0.39, 0.29) is 0 Å². The van der Waals surface area contributed by atoms with Gasteiger partial charge in [-0.1, -0.05) is 116 Å². The summed E-state index contributed by atoms with van der Waals surface area (Å²) < 4.78 is 0. The van der Waals surface area contributed by atoms with Crippen LogP contribution in [-0.4, -0.2) is 25.6 Å². The maximum atomic E-state index is 5.50. The van der Waals surface area contributed by atoms with Crippen LogP contribution in [0.15, 0.2) is 219 Å². The van der Waals surface area contributed by atoms with Gasteiger partial charge in [-0.15, -0.1) is 0 Å². The van der Waals surface area contributed by atoms with Gasteiger partial charge in [-0.2, -0.15) is 0 Å². The Morgan fingerprint density at radius 3 is 1.42 bits per heavy atom. The molecule has 0 unspecified atom stereocenters. The summed E-state index contributed by atoms with van der Waals surface area (Å²) in [5.41, 5.74) is 23.4. The van der Waals surface area contributed by atoms with Crippen molar-refractivity contribution in [2.24, 2.45) is 4.99 Å². The van der Waals surface area contributed by atoms with Gasteiger partial charge >= 0.3 is 0 Å². The van der Waals surface area contributed by atoms with Crippen LogP contribution < -0.4 is 0 Å². The van der Waals surface area contributed by atoms with E-state index in [4.69, 9.17) is 15.0 Å². The second-order valence-electron chi connectivity index (χ2n) is 17.3. The number of aromatic nitrogens is 4. The topological polar surface area (TPSA) is 63.9 Å². The number of pyridine rings is 4. The zero-order valence-corrected chi connectivity index (χ0v) is 36.6. The third-order valence-corrected chi connectivity index (χ3v) is 13.7. The van der Waals surface area contributed by atoms with E-state index < -0.39 is 0 Å². The van der Waals surface area contributed by atoms with E-state index in [1.807, 2.05) is 61.2 Å². The first-order valence-corrected chi connectivity index (χ1v) is 22.6. The Kier molecular flexibility index (Phi) is 8.83. The van der Waals surface area contributed by atoms with E-state index in [0.717, 1.165) is 67.2 Å². The largest absolute Gasteiger partial charge is 0.264 e. The Morgan fingerprint density at radius 2 is 0.896 bits per heavy atom. The van der Waals surface area contributed by atoms with E-state index in [9.17, 15) is 0 Å². The smallest absolute Gasteiger partial charge is 0.0800 e. The van der Waals surface area contributed by atoms with Crippen molar-refractivity contribution in [2.75, 3.05) is 0 Å². The lowest BCUT2D eigenvalue weighted by atomic mass is 9.84. The van der Waals surface area contributed by atoms with Crippen molar-refractivity contribution >= 4 is 33.0 Å². The van der Waals surface area contributed by atoms with E-state index in [0.29, 0.717) is 5.70 Å². The normalized spacial score (nSPS) is 12.1. The highest BCUT2D eigenvalue weighted by Gasteiger charge is 2.26. The minimum atomic E-state index is 0.592. The van der Waals surface area contributed by atoms with Crippen LogP contribution in [0, 0.1) is 6.92 Å². The summed E-state index contributed by atoms with van der Waals surface area (Å²) in [6.45, 7) is 6.81. The van der Waals surface area contributed by atoms with Crippen LogP contribution in [0.1, 0.15) is 22.3 Å². The molecule has 0 N–H and O–H groups in total. The minimum absolute atomic E-state index is 0.592. The lowest BCUT2D eigenvalue weighted by Crippen LogP contribution is -2.09. The molecule has 0 bridgehead atoms. The molecule has 5 heteroatoms. The van der Waals surface area contributed by atoms with Crippen LogP contribution in [0.5, 0.6) is 0 Å². The Hall–Kier alpha value is -8.93. The molecule has 13 rings (SSSR count). The number of hydrogen-bond acceptors (Lipinski definition) is 5. The van der Waals surface area contributed by atoms with Crippen molar-refractivity contribution in [1.29, 1.82) is 0 Å². The first-order chi connectivity index (χ1) is 33.1. The van der Waals surface area contributed by atoms with E-state index in [2.05, 4.69) is 157 Å². The SMILES string of the molecule is C=C(N=C(c1ccc(-c2cccnc2)nc1)c1cc(-c2ccc3c4c(cccc24)-c2ccccc2-3)cc(-c2ccc3c4c(cccc24)-c2ccccc2-3)c1C)c1ccc(-c2cccnc2)nc1. The number of benzene rings is 7. The standard InChI is InChI=1S/C62H39N5/c1-37-56(49-24-26-55-48-16-6-4-14-46(48)52-19-8-20-53(49)61(52)55)31-43(44-23-25-54-47-15-5-3-13-45(47)51-18-7-17-50(44)60(51)54)32-57(37)62(42-22-28-59(66-36-42)41-12-10-30-64-34-41)67-38(2)39-21-27-58(65-35-39)40-11-9-29-63-33-40/h3-36H,2H2,1H3. The fourth-order valence-electron chi connectivity index (χ4n) is 10.4. The van der Waals surface area contributed by atoms with E-state index >= 15 is 0 Å². The van der Waals surface area contributed by atoms with Gasteiger partial charge in [-0.05, 0) is 161 Å². The number of rotatable bonds is 8. The van der Waals surface area contributed by atoms with Gasteiger partial charge in [0, 0.05) is 65.0 Å². The molecular weight excluding hydrogens is 815 g/mol. The molecule has 11 aromatic rings. The molecule has 0 atom stereocenters. The third kappa shape index (κ3) is 6.20. The zero-order valence-electron chi connectivity index (χ0n) is 36.6. The molecule has 0 amide bonds. The lowest BCUT2D eigenvalue weighted by Gasteiger charge is -2.20. The summed E-state index contributed by atoms with van der Waals surface area (Å²) >= 11 is 0. The van der Waals surface area contributed by atoms with Crippen LogP contribution in [0.4, 0.5) is 0 Å². The number of aliphatic imine (C=N–C) groups is 1. The fraction of sp³-hybridized carbons (Fsp3) is 0.0161. The second kappa shape index (κ2) is 15.4. The summed E-state index contributed by atoms with van der Waals surface area (Å²) in [6, 6.07) is 61.1. The molecule has 2 aliphatic carbocycles. The third-order valence-electron chi connectivity index (χ3n) is 13.7. The van der Waals surface area contributed by atoms with Crippen molar-refractivity contribution in [3.05, 3.63) is 236 Å². The summed E-state index contributed by atoms with van der Waals surface area (Å²) in [6.07, 6.45) is 11.0. The van der Waals surface area contributed by atoms with Crippen LogP contribution in [0.2, 0.25) is 0 Å². The quantitative estimate of drug-likeness (QED) is 0.143. The molecule has 67 heavy (non-hydrogen) atoms. The summed E-state index contributed by atoms with van der Waals surface area (Å²) in [7, 11) is 0. The second-order valence-corrected chi connectivity index (χ2v) is 17.3.